The summed E-state index contributed by atoms with van der Waals surface area (Å²) in [6.45, 7) is 6.79. The fraction of sp³-hybridized carbons (Fsp3) is 0.0323. The Bertz CT molecular complexity index is 8740. The summed E-state index contributed by atoms with van der Waals surface area (Å²) in [5, 5.41) is 13.5. The fourth-order valence-corrected chi connectivity index (χ4v) is 19.1. The van der Waals surface area contributed by atoms with Gasteiger partial charge in [-0.2, -0.15) is 0 Å². The molecule has 0 fully saturated rings. The fourth-order valence-electron chi connectivity index (χ4n) is 19.1. The summed E-state index contributed by atoms with van der Waals surface area (Å²) in [5.74, 6) is 1.23. The molecule has 0 saturated carbocycles. The number of halogens is 2. The van der Waals surface area contributed by atoms with Crippen LogP contribution in [0.5, 0.6) is 0 Å². The van der Waals surface area contributed by atoms with E-state index in [1.165, 1.54) is 83.7 Å². The molecule has 19 aromatic carbocycles. The van der Waals surface area contributed by atoms with Gasteiger partial charge in [-0.05, 0) is 224 Å². The molecule has 0 aliphatic heterocycles. The highest BCUT2D eigenvalue weighted by molar-refractivity contribution is 6.20. The summed E-state index contributed by atoms with van der Waals surface area (Å²) >= 11 is 0. The number of hydrogen-bond acceptors (Lipinski definition) is 6. The van der Waals surface area contributed by atoms with E-state index in [9.17, 15) is 8.78 Å². The number of para-hydroxylation sites is 1. The van der Waals surface area contributed by atoms with Crippen LogP contribution in [0.15, 0.2) is 462 Å². The van der Waals surface area contributed by atoms with Crippen molar-refractivity contribution in [1.29, 1.82) is 0 Å². The topological polar surface area (TPSA) is 92.1 Å². The van der Waals surface area contributed by atoms with Crippen molar-refractivity contribution in [3.8, 4) is 129 Å². The monoisotopic (exact) mass is 1740 g/mol. The van der Waals surface area contributed by atoms with E-state index in [0.717, 1.165) is 143 Å². The number of rotatable bonds is 13. The van der Waals surface area contributed by atoms with Crippen LogP contribution in [0.2, 0.25) is 0 Å². The van der Waals surface area contributed by atoms with E-state index in [0.29, 0.717) is 17.8 Å². The predicted octanol–water partition coefficient (Wildman–Crippen LogP) is 32.4. The number of aromatic nitrogens is 9. The Morgan fingerprint density at radius 2 is 0.481 bits per heavy atom. The van der Waals surface area contributed by atoms with Gasteiger partial charge in [0.15, 0.2) is 0 Å². The van der Waals surface area contributed by atoms with Crippen molar-refractivity contribution in [2.75, 3.05) is 0 Å². The first-order valence-electron chi connectivity index (χ1n) is 45.4. The van der Waals surface area contributed by atoms with Crippen molar-refractivity contribution in [2.45, 2.75) is 26.2 Å². The third kappa shape index (κ3) is 15.8. The van der Waals surface area contributed by atoms with Crippen molar-refractivity contribution in [3.63, 3.8) is 0 Å². The first-order valence-corrected chi connectivity index (χ1v) is 45.4. The van der Waals surface area contributed by atoms with E-state index < -0.39 is 0 Å². The lowest BCUT2D eigenvalue weighted by atomic mass is 9.86. The van der Waals surface area contributed by atoms with Crippen LogP contribution in [0, 0.1) is 11.6 Å². The van der Waals surface area contributed by atoms with Gasteiger partial charge in [0.1, 0.15) is 11.6 Å². The van der Waals surface area contributed by atoms with Gasteiger partial charge in [-0.1, -0.05) is 348 Å². The number of fused-ring (bicyclic) bond motifs is 14. The number of benzene rings is 19. The predicted molar refractivity (Wildman–Crippen MR) is 555 cm³/mol. The summed E-state index contributed by atoms with van der Waals surface area (Å²) in [7, 11) is 0. The Morgan fingerprint density at radius 1 is 0.178 bits per heavy atom. The zero-order chi connectivity index (χ0) is 90.6. The van der Waals surface area contributed by atoms with Crippen molar-refractivity contribution >= 4 is 97.7 Å². The quantitative estimate of drug-likeness (QED) is 0.114. The Hall–Kier alpha value is -17.5. The Balaban J connectivity index is 0.000000114. The zero-order valence-electron chi connectivity index (χ0n) is 74.2. The molecule has 0 spiro atoms. The van der Waals surface area contributed by atoms with Crippen molar-refractivity contribution in [1.82, 2.24) is 43.6 Å². The largest absolute Gasteiger partial charge is 0.278 e. The molecule has 9 nitrogen and oxygen atoms in total. The first-order chi connectivity index (χ1) is 66.3. The van der Waals surface area contributed by atoms with E-state index in [2.05, 4.69) is 357 Å². The average Bonchev–Trinajstić information content (AvgIpc) is 1.90. The molecule has 0 unspecified atom stereocenters. The van der Waals surface area contributed by atoms with Crippen molar-refractivity contribution in [2.24, 2.45) is 0 Å². The highest BCUT2D eigenvalue weighted by Gasteiger charge is 2.24. The second-order valence-electron chi connectivity index (χ2n) is 35.4. The van der Waals surface area contributed by atoms with E-state index in [4.69, 9.17) is 29.9 Å². The molecule has 0 bridgehead atoms. The normalized spacial score (nSPS) is 11.6. The van der Waals surface area contributed by atoms with Crippen molar-refractivity contribution < 1.29 is 8.78 Å². The smallest absolute Gasteiger partial charge is 0.234 e. The van der Waals surface area contributed by atoms with E-state index >= 15 is 0 Å². The van der Waals surface area contributed by atoms with Crippen LogP contribution in [-0.2, 0) is 5.41 Å². The Morgan fingerprint density at radius 3 is 0.970 bits per heavy atom. The van der Waals surface area contributed by atoms with Gasteiger partial charge in [0.2, 0.25) is 17.8 Å². The summed E-state index contributed by atoms with van der Waals surface area (Å²) in [6, 6.07) is 146. The van der Waals surface area contributed by atoms with Crippen LogP contribution in [0.25, 0.3) is 227 Å². The first kappa shape index (κ1) is 81.9. The Kier molecular flexibility index (Phi) is 21.1. The van der Waals surface area contributed by atoms with Crippen LogP contribution in [-0.4, -0.2) is 43.6 Å². The van der Waals surface area contributed by atoms with Crippen molar-refractivity contribution in [3.05, 3.63) is 479 Å². The molecule has 0 saturated heterocycles. The number of hydrogen-bond donors (Lipinski definition) is 0. The van der Waals surface area contributed by atoms with Gasteiger partial charge >= 0.3 is 0 Å². The maximum absolute atomic E-state index is 14.9. The Labute approximate surface area is 779 Å². The molecule has 0 N–H and O–H groups in total. The van der Waals surface area contributed by atoms with Gasteiger partial charge in [-0.3, -0.25) is 13.7 Å². The zero-order valence-corrected chi connectivity index (χ0v) is 74.2. The molecular weight excluding hydrogens is 1650 g/mol. The molecule has 25 aromatic rings. The standard InChI is InChI=1S/C44H28FN3.C42H33N3.C38H24FN3/c45-38-20-22-42-41(26-38)40-21-19-33-13-7-8-14-39(33)43(40)48(42)44-46-27-37(28-47-44)32-17-15-31(16-18-32)36-24-34(29-9-3-1-4-10-29)23-35(25-36)30-11-5-2-6-12-30;1-42(2,3)36-19-20-39-38(25-36)37-23-33-13-7-8-14-34(33)24-40(37)45(39)41-43-26-35(27-44-41)32-18-10-17-31(22-32)30-16-9-15-29(21-30)28-11-5-4-6-12-28;39-32-21-29(27-16-14-26(15-17-27)25-8-2-1-3-9-25)20-30(22-32)31-23-40-38(41-24-31)42-36-13-7-6-12-34(36)35-19-18-28-10-4-5-11-33(28)37(35)42/h1-28H;4-27H,1-3H3;1-24H. The molecule has 6 heterocycles. The minimum absolute atomic E-state index is 0.0506. The molecule has 640 valence electrons. The third-order valence-electron chi connectivity index (χ3n) is 25.9. The second kappa shape index (κ2) is 34.7. The minimum Gasteiger partial charge on any atom is -0.278 e. The van der Waals surface area contributed by atoms with Gasteiger partial charge in [0.05, 0.1) is 33.1 Å². The van der Waals surface area contributed by atoms with Crippen LogP contribution < -0.4 is 0 Å². The summed E-state index contributed by atoms with van der Waals surface area (Å²) < 4.78 is 35.7. The lowest BCUT2D eigenvalue weighted by Gasteiger charge is -2.19. The SMILES string of the molecule is CC(C)(C)c1ccc2c(c1)c1cc3ccccc3cc1n2-c1ncc(-c2cccc(-c3cccc(-c4ccccc4)c3)c2)cn1.Fc1cc(-c2ccc(-c3ccccc3)cc2)cc(-c2cnc(-n3c4ccccc4c4ccc5ccccc5c43)nc2)c1.Fc1ccc2c(c1)c1ccc3ccccc3c1n2-c1ncc(-c2ccc(-c3cc(-c4ccccc4)cc(-c4ccccc4)c3)cc2)cn1. The van der Waals surface area contributed by atoms with E-state index in [1.54, 1.807) is 24.5 Å². The minimum atomic E-state index is -0.299. The van der Waals surface area contributed by atoms with Crippen LogP contribution in [0.3, 0.4) is 0 Å². The van der Waals surface area contributed by atoms with E-state index in [-0.39, 0.29) is 17.0 Å². The molecule has 135 heavy (non-hydrogen) atoms. The van der Waals surface area contributed by atoms with Gasteiger partial charge in [-0.15, -0.1) is 0 Å². The number of nitrogens with zero attached hydrogens (tertiary/aromatic N) is 9. The molecule has 6 aromatic heterocycles. The van der Waals surface area contributed by atoms with Crippen LogP contribution in [0.1, 0.15) is 26.3 Å². The molecule has 25 rings (SSSR count). The van der Waals surface area contributed by atoms with Gasteiger partial charge in [0, 0.05) is 97.0 Å². The molecule has 0 radical (unpaired) electrons. The van der Waals surface area contributed by atoms with Crippen LogP contribution >= 0.6 is 0 Å². The third-order valence-corrected chi connectivity index (χ3v) is 25.9. The molecule has 0 amide bonds. The second-order valence-corrected chi connectivity index (χ2v) is 35.4. The highest BCUT2D eigenvalue weighted by Crippen LogP contribution is 2.44. The summed E-state index contributed by atoms with van der Waals surface area (Å²) in [6.07, 6.45) is 11.2. The maximum atomic E-state index is 14.9. The summed E-state index contributed by atoms with van der Waals surface area (Å²) in [5.41, 5.74) is 28.9. The van der Waals surface area contributed by atoms with Gasteiger partial charge in [0.25, 0.3) is 0 Å². The molecule has 0 aliphatic carbocycles. The molecule has 0 aliphatic rings. The lowest BCUT2D eigenvalue weighted by Crippen LogP contribution is -2.10. The molecule has 0 atom stereocenters. The maximum Gasteiger partial charge on any atom is 0.234 e. The molecule has 11 heteroatoms. The summed E-state index contributed by atoms with van der Waals surface area (Å²) in [4.78, 5) is 29.2. The van der Waals surface area contributed by atoms with Gasteiger partial charge < -0.3 is 0 Å². The lowest BCUT2D eigenvalue weighted by molar-refractivity contribution is 0.591. The molecular formula is C124H85F2N9. The average molecular weight is 1740 g/mol. The van der Waals surface area contributed by atoms with E-state index in [1.807, 2.05) is 102 Å². The highest BCUT2D eigenvalue weighted by atomic mass is 19.1. The van der Waals surface area contributed by atoms with Crippen LogP contribution in [0.4, 0.5) is 8.78 Å². The van der Waals surface area contributed by atoms with Gasteiger partial charge in [-0.25, -0.2) is 38.7 Å².